The first-order valence-electron chi connectivity index (χ1n) is 13.4. The molecule has 0 radical (unpaired) electrons. The Morgan fingerprint density at radius 3 is 1.51 bits per heavy atom. The molecule has 1 heterocycles. The summed E-state index contributed by atoms with van der Waals surface area (Å²) in [5.74, 6) is 1.12. The van der Waals surface area contributed by atoms with Crippen molar-refractivity contribution < 1.29 is 9.53 Å². The zero-order valence-corrected chi connectivity index (χ0v) is 25.5. The molecule has 1 atom stereocenters. The van der Waals surface area contributed by atoms with Gasteiger partial charge in [0.25, 0.3) is 0 Å². The van der Waals surface area contributed by atoms with Crippen LogP contribution in [0.5, 0.6) is 0 Å². The first kappa shape index (κ1) is 28.0. The van der Waals surface area contributed by atoms with Gasteiger partial charge in [0.1, 0.15) is 11.5 Å². The Balaban J connectivity index is 2.54. The number of halogens is 1. The fraction of sp³-hybridized carbons (Fsp3) is 0.594. The maximum Gasteiger partial charge on any atom is 0.318 e. The Bertz CT molecular complexity index is 1090. The molecule has 0 saturated heterocycles. The van der Waals surface area contributed by atoms with E-state index in [1.807, 2.05) is 13.8 Å². The SMILES string of the molecule is CC(C)c1cc(C(C)C)c(C2C(=O)OC(C)(C)c3c(Br)c(C(C)C)cc(C(C)C)c32)c(C(C)C)c1. The number of rotatable bonds is 6. The number of fused-ring (bicyclic) bond motifs is 1. The van der Waals surface area contributed by atoms with E-state index in [9.17, 15) is 4.79 Å². The summed E-state index contributed by atoms with van der Waals surface area (Å²) in [4.78, 5) is 14.0. The van der Waals surface area contributed by atoms with Gasteiger partial charge in [-0.25, -0.2) is 0 Å². The Hall–Kier alpha value is -1.61. The lowest BCUT2D eigenvalue weighted by Gasteiger charge is -2.41. The molecule has 0 bridgehead atoms. The van der Waals surface area contributed by atoms with Crippen molar-refractivity contribution in [2.24, 2.45) is 0 Å². The lowest BCUT2D eigenvalue weighted by Crippen LogP contribution is -2.39. The molecule has 1 aliphatic heterocycles. The molecule has 3 rings (SSSR count). The first-order valence-corrected chi connectivity index (χ1v) is 14.2. The molecule has 0 aromatic heterocycles. The summed E-state index contributed by atoms with van der Waals surface area (Å²) >= 11 is 3.98. The number of hydrogen-bond acceptors (Lipinski definition) is 2. The third kappa shape index (κ3) is 4.99. The highest BCUT2D eigenvalue weighted by Gasteiger charge is 2.46. The smallest absolute Gasteiger partial charge is 0.318 e. The minimum absolute atomic E-state index is 0.130. The summed E-state index contributed by atoms with van der Waals surface area (Å²) < 4.78 is 7.38. The second kappa shape index (κ2) is 10.0. The highest BCUT2D eigenvalue weighted by Crippen LogP contribution is 2.52. The van der Waals surface area contributed by atoms with Gasteiger partial charge in [-0.15, -0.1) is 0 Å². The van der Waals surface area contributed by atoms with Crippen LogP contribution in [0.25, 0.3) is 0 Å². The van der Waals surface area contributed by atoms with Crippen molar-refractivity contribution in [2.75, 3.05) is 0 Å². The summed E-state index contributed by atoms with van der Waals surface area (Å²) in [6, 6.07) is 7.03. The van der Waals surface area contributed by atoms with E-state index >= 15 is 0 Å². The minimum Gasteiger partial charge on any atom is -0.454 e. The number of carbonyl (C=O) groups is 1. The molecule has 192 valence electrons. The summed E-state index contributed by atoms with van der Waals surface area (Å²) in [5.41, 5.74) is 9.16. The molecule has 0 aliphatic carbocycles. The van der Waals surface area contributed by atoms with Crippen molar-refractivity contribution in [2.45, 2.75) is 124 Å². The second-order valence-electron chi connectivity index (χ2n) is 12.4. The molecule has 0 amide bonds. The zero-order valence-electron chi connectivity index (χ0n) is 23.9. The van der Waals surface area contributed by atoms with E-state index in [0.29, 0.717) is 29.6 Å². The number of ether oxygens (including phenoxy) is 1. The molecule has 2 aromatic rings. The molecule has 35 heavy (non-hydrogen) atoms. The monoisotopic (exact) mass is 540 g/mol. The Morgan fingerprint density at radius 2 is 1.11 bits per heavy atom. The van der Waals surface area contributed by atoms with Crippen LogP contribution >= 0.6 is 15.9 Å². The minimum atomic E-state index is -0.704. The lowest BCUT2D eigenvalue weighted by molar-refractivity contribution is -0.161. The van der Waals surface area contributed by atoms with Crippen molar-refractivity contribution in [1.82, 2.24) is 0 Å². The van der Waals surface area contributed by atoms with Crippen molar-refractivity contribution in [1.29, 1.82) is 0 Å². The van der Waals surface area contributed by atoms with Gasteiger partial charge in [0.2, 0.25) is 0 Å². The van der Waals surface area contributed by atoms with E-state index in [1.54, 1.807) is 0 Å². The zero-order chi connectivity index (χ0) is 26.6. The molecule has 0 fully saturated rings. The van der Waals surface area contributed by atoms with Gasteiger partial charge >= 0.3 is 5.97 Å². The second-order valence-corrected chi connectivity index (χ2v) is 13.2. The Kier molecular flexibility index (Phi) is 8.02. The number of esters is 1. The van der Waals surface area contributed by atoms with Crippen molar-refractivity contribution in [3.63, 3.8) is 0 Å². The lowest BCUT2D eigenvalue weighted by atomic mass is 9.70. The highest BCUT2D eigenvalue weighted by molar-refractivity contribution is 9.10. The maximum atomic E-state index is 14.0. The molecule has 2 aromatic carbocycles. The standard InChI is InChI=1S/C32H45BrO2/c1-16(2)21-13-22(17(3)4)26(23(14-21)18(5)6)28-27-24(19(7)8)15-25(20(9)10)30(33)29(27)32(11,12)35-31(28)34/h13-20,28H,1-12H3. The van der Waals surface area contributed by atoms with Crippen LogP contribution in [0.3, 0.4) is 0 Å². The third-order valence-electron chi connectivity index (χ3n) is 7.56. The van der Waals surface area contributed by atoms with E-state index in [2.05, 4.69) is 103 Å². The van der Waals surface area contributed by atoms with Crippen LogP contribution < -0.4 is 0 Å². The summed E-state index contributed by atoms with van der Waals surface area (Å²) in [5, 5.41) is 0. The summed E-state index contributed by atoms with van der Waals surface area (Å²) in [6.07, 6.45) is 0. The molecule has 0 saturated carbocycles. The number of cyclic esters (lactones) is 1. The van der Waals surface area contributed by atoms with Gasteiger partial charge in [-0.05, 0) is 82.4 Å². The molecular formula is C32H45BrO2. The molecule has 3 heteroatoms. The van der Waals surface area contributed by atoms with E-state index in [1.165, 1.54) is 27.8 Å². The summed E-state index contributed by atoms with van der Waals surface area (Å²) in [6.45, 7) is 26.5. The van der Waals surface area contributed by atoms with E-state index in [0.717, 1.165) is 21.2 Å². The predicted octanol–water partition coefficient (Wildman–Crippen LogP) is 9.99. The topological polar surface area (TPSA) is 26.3 Å². The fourth-order valence-corrected chi connectivity index (χ4v) is 6.86. The van der Waals surface area contributed by atoms with E-state index in [4.69, 9.17) is 4.74 Å². The van der Waals surface area contributed by atoms with Gasteiger partial charge in [-0.2, -0.15) is 0 Å². The van der Waals surface area contributed by atoms with Crippen LogP contribution in [0.1, 0.15) is 163 Å². The van der Waals surface area contributed by atoms with E-state index in [-0.39, 0.29) is 5.97 Å². The Morgan fingerprint density at radius 1 is 0.686 bits per heavy atom. The molecule has 2 nitrogen and oxygen atoms in total. The molecule has 1 unspecified atom stereocenters. The Labute approximate surface area is 222 Å². The number of carbonyl (C=O) groups excluding carboxylic acids is 1. The molecule has 0 N–H and O–H groups in total. The van der Waals surface area contributed by atoms with Crippen LogP contribution in [0, 0.1) is 0 Å². The van der Waals surface area contributed by atoms with Crippen LogP contribution in [-0.4, -0.2) is 5.97 Å². The largest absolute Gasteiger partial charge is 0.454 e. The van der Waals surface area contributed by atoms with Crippen LogP contribution in [0.2, 0.25) is 0 Å². The van der Waals surface area contributed by atoms with E-state index < -0.39 is 11.5 Å². The van der Waals surface area contributed by atoms with Gasteiger partial charge < -0.3 is 4.74 Å². The van der Waals surface area contributed by atoms with Gasteiger partial charge in [0, 0.05) is 10.0 Å². The summed E-state index contributed by atoms with van der Waals surface area (Å²) in [7, 11) is 0. The van der Waals surface area contributed by atoms with Crippen molar-refractivity contribution in [3.05, 3.63) is 67.2 Å². The highest BCUT2D eigenvalue weighted by atomic mass is 79.9. The third-order valence-corrected chi connectivity index (χ3v) is 8.41. The van der Waals surface area contributed by atoms with Crippen LogP contribution in [-0.2, 0) is 15.1 Å². The van der Waals surface area contributed by atoms with Crippen molar-refractivity contribution >= 4 is 21.9 Å². The van der Waals surface area contributed by atoms with Crippen molar-refractivity contribution in [3.8, 4) is 0 Å². The predicted molar refractivity (Wildman–Crippen MR) is 152 cm³/mol. The quantitative estimate of drug-likeness (QED) is 0.340. The van der Waals surface area contributed by atoms with Gasteiger partial charge in [0.05, 0.1) is 0 Å². The average Bonchev–Trinajstić information content (AvgIpc) is 2.71. The van der Waals surface area contributed by atoms with Gasteiger partial charge in [0.15, 0.2) is 0 Å². The normalized spacial score (nSPS) is 17.7. The van der Waals surface area contributed by atoms with Crippen LogP contribution in [0.4, 0.5) is 0 Å². The van der Waals surface area contributed by atoms with Gasteiger partial charge in [-0.1, -0.05) is 103 Å². The first-order chi connectivity index (χ1) is 16.1. The average molecular weight is 542 g/mol. The molecule has 1 aliphatic rings. The van der Waals surface area contributed by atoms with Gasteiger partial charge in [-0.3, -0.25) is 4.79 Å². The number of hydrogen-bond donors (Lipinski definition) is 0. The maximum absolute atomic E-state index is 14.0. The molecule has 0 spiro atoms. The number of benzene rings is 2. The fourth-order valence-electron chi connectivity index (χ4n) is 5.60. The van der Waals surface area contributed by atoms with Crippen LogP contribution in [0.15, 0.2) is 22.7 Å². The molecular weight excluding hydrogens is 496 g/mol.